The monoisotopic (exact) mass is 243 g/mol. The number of nitrogens with zero attached hydrogens (tertiary/aromatic N) is 1. The molecule has 72 valence electrons. The summed E-state index contributed by atoms with van der Waals surface area (Å²) in [5.41, 5.74) is 0. The van der Waals surface area contributed by atoms with E-state index in [0.717, 1.165) is 0 Å². The number of hydrogen-bond acceptors (Lipinski definition) is 1. The van der Waals surface area contributed by atoms with E-state index in [9.17, 15) is 4.79 Å². The summed E-state index contributed by atoms with van der Waals surface area (Å²) in [6.45, 7) is 4.33. The lowest BCUT2D eigenvalue weighted by atomic mass is 10.1. The Labute approximate surface area is 89.4 Å². The van der Waals surface area contributed by atoms with E-state index in [1.807, 2.05) is 49.0 Å². The maximum Gasteiger partial charge on any atom is 0.206 e. The predicted molar refractivity (Wildman–Crippen MR) is 46.5 cm³/mol. The van der Waals surface area contributed by atoms with Crippen LogP contribution < -0.4 is 21.5 Å². The van der Waals surface area contributed by atoms with Gasteiger partial charge in [0.25, 0.3) is 0 Å². The molecule has 2 nitrogen and oxygen atoms in total. The number of aromatic nitrogens is 1. The second kappa shape index (κ2) is 5.86. The average molecular weight is 244 g/mol. The third-order valence-electron chi connectivity index (χ3n) is 1.76. The minimum atomic E-state index is 0. The quantitative estimate of drug-likeness (QED) is 0.575. The van der Waals surface area contributed by atoms with Gasteiger partial charge in [0.05, 0.1) is 0 Å². The molecule has 1 rings (SSSR count). The van der Waals surface area contributed by atoms with E-state index < -0.39 is 0 Å². The third-order valence-corrected chi connectivity index (χ3v) is 1.76. The molecule has 1 heterocycles. The van der Waals surface area contributed by atoms with E-state index >= 15 is 0 Å². The number of carbonyl (C=O) groups excluding carboxylic acids is 1. The smallest absolute Gasteiger partial charge is 0.206 e. The first-order chi connectivity index (χ1) is 5.70. The summed E-state index contributed by atoms with van der Waals surface area (Å²) in [5.74, 6) is 0.393. The second-order valence-corrected chi connectivity index (χ2v) is 3.17. The zero-order valence-corrected chi connectivity index (χ0v) is 9.49. The topological polar surface area (TPSA) is 20.9 Å². The lowest BCUT2D eigenvalue weighted by molar-refractivity contribution is -0.684. The highest BCUT2D eigenvalue weighted by molar-refractivity contribution is 5.78. The average Bonchev–Trinajstić information content (AvgIpc) is 2.06. The van der Waals surface area contributed by atoms with Crippen LogP contribution in [0.1, 0.15) is 13.8 Å². The van der Waals surface area contributed by atoms with Gasteiger partial charge in [-0.1, -0.05) is 19.9 Å². The van der Waals surface area contributed by atoms with Gasteiger partial charge in [0, 0.05) is 18.1 Å². The van der Waals surface area contributed by atoms with Gasteiger partial charge in [-0.2, -0.15) is 4.57 Å². The van der Waals surface area contributed by atoms with E-state index in [0.29, 0.717) is 6.54 Å². The summed E-state index contributed by atoms with van der Waals surface area (Å²) in [7, 11) is 0. The summed E-state index contributed by atoms with van der Waals surface area (Å²) in [5, 5.41) is 0. The summed E-state index contributed by atoms with van der Waals surface area (Å²) in [6, 6.07) is 5.79. The van der Waals surface area contributed by atoms with E-state index in [2.05, 4.69) is 0 Å². The van der Waals surface area contributed by atoms with Crippen LogP contribution in [0.5, 0.6) is 0 Å². The number of halogens is 1. The molecule has 0 fully saturated rings. The molecule has 1 aromatic heterocycles. The molecular formula is C10H14BrNO. The highest BCUT2D eigenvalue weighted by atomic mass is 79.9. The molecule has 0 bridgehead atoms. The fourth-order valence-electron chi connectivity index (χ4n) is 0.902. The zero-order valence-electron chi connectivity index (χ0n) is 7.90. The Bertz CT molecular complexity index is 259. The Balaban J connectivity index is 0.00000144. The van der Waals surface area contributed by atoms with Gasteiger partial charge in [0.1, 0.15) is 0 Å². The van der Waals surface area contributed by atoms with Gasteiger partial charge < -0.3 is 17.0 Å². The summed E-state index contributed by atoms with van der Waals surface area (Å²) >= 11 is 0. The standard InChI is InChI=1S/C10H14NO.BrH/c1-9(2)10(12)8-11-6-4-3-5-7-11;/h3-7,9H,8H2,1-2H3;1H/q+1;/p-1. The maximum absolute atomic E-state index is 11.3. The van der Waals surface area contributed by atoms with Crippen molar-refractivity contribution in [2.24, 2.45) is 5.92 Å². The molecule has 0 spiro atoms. The van der Waals surface area contributed by atoms with Gasteiger partial charge in [0.15, 0.2) is 18.2 Å². The fraction of sp³-hybridized carbons (Fsp3) is 0.400. The third kappa shape index (κ3) is 4.18. The zero-order chi connectivity index (χ0) is 8.97. The number of ketones is 1. The maximum atomic E-state index is 11.3. The Kier molecular flexibility index (Phi) is 5.55. The van der Waals surface area contributed by atoms with E-state index in [1.165, 1.54) is 0 Å². The van der Waals surface area contributed by atoms with Gasteiger partial charge in [-0.3, -0.25) is 4.79 Å². The molecule has 0 aliphatic rings. The first-order valence-electron chi connectivity index (χ1n) is 4.17. The number of rotatable bonds is 3. The fourth-order valence-corrected chi connectivity index (χ4v) is 0.902. The first kappa shape index (κ1) is 12.3. The van der Waals surface area contributed by atoms with Gasteiger partial charge in [-0.25, -0.2) is 0 Å². The molecule has 3 heteroatoms. The Morgan fingerprint density at radius 2 is 1.77 bits per heavy atom. The summed E-state index contributed by atoms with van der Waals surface area (Å²) in [4.78, 5) is 11.3. The molecule has 0 saturated heterocycles. The molecule has 1 aromatic rings. The van der Waals surface area contributed by atoms with Crippen molar-refractivity contribution < 1.29 is 26.3 Å². The van der Waals surface area contributed by atoms with Crippen molar-refractivity contribution in [2.45, 2.75) is 20.4 Å². The molecule has 0 N–H and O–H groups in total. The minimum Gasteiger partial charge on any atom is -1.00 e. The molecule has 0 amide bonds. The van der Waals surface area contributed by atoms with Crippen molar-refractivity contribution >= 4 is 5.78 Å². The van der Waals surface area contributed by atoms with Crippen molar-refractivity contribution in [1.82, 2.24) is 0 Å². The molecular weight excluding hydrogens is 230 g/mol. The largest absolute Gasteiger partial charge is 1.00 e. The summed E-state index contributed by atoms with van der Waals surface area (Å²) in [6.07, 6.45) is 3.81. The number of carbonyl (C=O) groups is 1. The van der Waals surface area contributed by atoms with Crippen LogP contribution in [0.4, 0.5) is 0 Å². The van der Waals surface area contributed by atoms with Crippen LogP contribution in [0.2, 0.25) is 0 Å². The molecule has 0 saturated carbocycles. The molecule has 13 heavy (non-hydrogen) atoms. The van der Waals surface area contributed by atoms with Crippen LogP contribution in [0, 0.1) is 5.92 Å². The molecule has 0 aliphatic heterocycles. The van der Waals surface area contributed by atoms with Crippen LogP contribution >= 0.6 is 0 Å². The van der Waals surface area contributed by atoms with Crippen molar-refractivity contribution in [1.29, 1.82) is 0 Å². The minimum absolute atomic E-state index is 0. The SMILES string of the molecule is CC(C)C(=O)C[n+]1ccccc1.[Br-]. The molecule has 0 atom stereocenters. The Morgan fingerprint density at radius 3 is 2.23 bits per heavy atom. The van der Waals surface area contributed by atoms with Crippen molar-refractivity contribution in [2.75, 3.05) is 0 Å². The number of pyridine rings is 1. The van der Waals surface area contributed by atoms with Gasteiger partial charge in [-0.15, -0.1) is 0 Å². The lowest BCUT2D eigenvalue weighted by Gasteiger charge is -1.98. The lowest BCUT2D eigenvalue weighted by Crippen LogP contribution is -3.00. The van der Waals surface area contributed by atoms with Gasteiger partial charge in [0.2, 0.25) is 6.54 Å². The summed E-state index contributed by atoms with van der Waals surface area (Å²) < 4.78 is 1.89. The molecule has 0 radical (unpaired) electrons. The Hall–Kier alpha value is -0.700. The van der Waals surface area contributed by atoms with Crippen molar-refractivity contribution in [3.05, 3.63) is 30.6 Å². The van der Waals surface area contributed by atoms with E-state index in [-0.39, 0.29) is 28.7 Å². The predicted octanol–water partition coefficient (Wildman–Crippen LogP) is -1.80. The second-order valence-electron chi connectivity index (χ2n) is 3.17. The van der Waals surface area contributed by atoms with Crippen LogP contribution in [-0.2, 0) is 11.3 Å². The van der Waals surface area contributed by atoms with Crippen molar-refractivity contribution in [3.8, 4) is 0 Å². The van der Waals surface area contributed by atoms with Crippen LogP contribution in [0.25, 0.3) is 0 Å². The van der Waals surface area contributed by atoms with E-state index in [4.69, 9.17) is 0 Å². The molecule has 0 aliphatic carbocycles. The van der Waals surface area contributed by atoms with Crippen LogP contribution in [0.15, 0.2) is 30.6 Å². The normalized spacial score (nSPS) is 9.46. The van der Waals surface area contributed by atoms with Gasteiger partial charge in [-0.05, 0) is 0 Å². The van der Waals surface area contributed by atoms with E-state index in [1.54, 1.807) is 0 Å². The first-order valence-corrected chi connectivity index (χ1v) is 4.17. The Morgan fingerprint density at radius 1 is 1.23 bits per heavy atom. The van der Waals surface area contributed by atoms with Crippen LogP contribution in [0.3, 0.4) is 0 Å². The highest BCUT2D eigenvalue weighted by Gasteiger charge is 2.11. The number of Topliss-reactive ketones (excluding diaryl/α,β-unsaturated/α-hetero) is 1. The number of hydrogen-bond donors (Lipinski definition) is 0. The molecule has 0 unspecified atom stereocenters. The molecule has 0 aromatic carbocycles. The van der Waals surface area contributed by atoms with Gasteiger partial charge >= 0.3 is 0 Å². The highest BCUT2D eigenvalue weighted by Crippen LogP contribution is 1.93. The van der Waals surface area contributed by atoms with Crippen LogP contribution in [-0.4, -0.2) is 5.78 Å². The van der Waals surface area contributed by atoms with Crippen molar-refractivity contribution in [3.63, 3.8) is 0 Å².